The van der Waals surface area contributed by atoms with Crippen molar-refractivity contribution in [3.05, 3.63) is 11.1 Å². The average Bonchev–Trinajstić information content (AvgIpc) is 2.49. The van der Waals surface area contributed by atoms with Gasteiger partial charge in [-0.15, -0.1) is 6.42 Å². The molecule has 0 atom stereocenters. The van der Waals surface area contributed by atoms with Crippen LogP contribution >= 0.6 is 0 Å². The van der Waals surface area contributed by atoms with Crippen LogP contribution in [0.4, 0.5) is 0 Å². The third-order valence-corrected chi connectivity index (χ3v) is 3.48. The number of rotatable bonds is 3. The zero-order chi connectivity index (χ0) is 12.5. The first-order valence-electron chi connectivity index (χ1n) is 5.49. The average molecular weight is 219 g/mol. The van der Waals surface area contributed by atoms with Crippen LogP contribution in [0.15, 0.2) is 11.1 Å². The van der Waals surface area contributed by atoms with E-state index >= 15 is 0 Å². The molecule has 1 heterocycles. The topological polar surface area (TPSA) is 37.4 Å². The van der Waals surface area contributed by atoms with Gasteiger partial charge in [0.25, 0.3) is 11.8 Å². The third-order valence-electron chi connectivity index (χ3n) is 3.48. The van der Waals surface area contributed by atoms with Crippen molar-refractivity contribution in [2.75, 3.05) is 0 Å². The maximum Gasteiger partial charge on any atom is 0.258 e. The Morgan fingerprint density at radius 2 is 1.50 bits per heavy atom. The molecule has 0 aliphatic carbocycles. The van der Waals surface area contributed by atoms with Crippen LogP contribution in [0.3, 0.4) is 0 Å². The van der Waals surface area contributed by atoms with Crippen LogP contribution in [0, 0.1) is 12.3 Å². The molecule has 16 heavy (non-hydrogen) atoms. The highest BCUT2D eigenvalue weighted by atomic mass is 16.2. The van der Waals surface area contributed by atoms with Crippen molar-refractivity contribution < 1.29 is 9.59 Å². The standard InChI is InChI=1S/C13H17NO2/c1-6-13(7-2,8-3)14-11(15)9(4)10(5)12(14)16/h1H,7-8H2,2-5H3. The number of hydrogen-bond acceptors (Lipinski definition) is 2. The normalized spacial score (nSPS) is 17.1. The van der Waals surface area contributed by atoms with Gasteiger partial charge in [0.1, 0.15) is 5.54 Å². The number of nitrogens with zero attached hydrogens (tertiary/aromatic N) is 1. The van der Waals surface area contributed by atoms with E-state index in [1.165, 1.54) is 4.90 Å². The lowest BCUT2D eigenvalue weighted by Gasteiger charge is -2.34. The third kappa shape index (κ3) is 1.46. The fraction of sp³-hybridized carbons (Fsp3) is 0.538. The molecule has 86 valence electrons. The molecule has 0 unspecified atom stereocenters. The van der Waals surface area contributed by atoms with Crippen LogP contribution in [0.2, 0.25) is 0 Å². The predicted molar refractivity (Wildman–Crippen MR) is 62.4 cm³/mol. The van der Waals surface area contributed by atoms with Gasteiger partial charge in [0.15, 0.2) is 0 Å². The molecule has 0 aromatic heterocycles. The monoisotopic (exact) mass is 219 g/mol. The first kappa shape index (κ1) is 12.5. The lowest BCUT2D eigenvalue weighted by atomic mass is 9.91. The lowest BCUT2D eigenvalue weighted by molar-refractivity contribution is -0.143. The summed E-state index contributed by atoms with van der Waals surface area (Å²) in [6.45, 7) is 7.13. The zero-order valence-corrected chi connectivity index (χ0v) is 10.3. The number of carbonyl (C=O) groups excluding carboxylic acids is 2. The molecule has 3 heteroatoms. The highest BCUT2D eigenvalue weighted by Gasteiger charge is 2.45. The van der Waals surface area contributed by atoms with Crippen molar-refractivity contribution in [3.8, 4) is 12.3 Å². The van der Waals surface area contributed by atoms with Crippen molar-refractivity contribution in [3.63, 3.8) is 0 Å². The molecule has 0 saturated carbocycles. The Labute approximate surface area is 96.5 Å². The Morgan fingerprint density at radius 1 is 1.12 bits per heavy atom. The first-order chi connectivity index (χ1) is 7.45. The molecular weight excluding hydrogens is 202 g/mol. The Hall–Kier alpha value is -1.56. The lowest BCUT2D eigenvalue weighted by Crippen LogP contribution is -2.51. The molecule has 2 amide bonds. The smallest absolute Gasteiger partial charge is 0.258 e. The van der Waals surface area contributed by atoms with Crippen molar-refractivity contribution in [1.29, 1.82) is 0 Å². The maximum absolute atomic E-state index is 12.0. The van der Waals surface area contributed by atoms with E-state index in [2.05, 4.69) is 5.92 Å². The van der Waals surface area contributed by atoms with E-state index in [9.17, 15) is 9.59 Å². The number of terminal acetylenes is 1. The Morgan fingerprint density at radius 3 is 1.75 bits per heavy atom. The summed E-state index contributed by atoms with van der Waals surface area (Å²) in [7, 11) is 0. The van der Waals surface area contributed by atoms with Crippen LogP contribution in [0.1, 0.15) is 40.5 Å². The molecule has 0 bridgehead atoms. The van der Waals surface area contributed by atoms with Crippen molar-refractivity contribution in [2.45, 2.75) is 46.1 Å². The SMILES string of the molecule is C#CC(CC)(CC)N1C(=O)C(C)=C(C)C1=O. The molecule has 0 aromatic rings. The van der Waals surface area contributed by atoms with Gasteiger partial charge in [-0.05, 0) is 26.7 Å². The quantitative estimate of drug-likeness (QED) is 0.537. The summed E-state index contributed by atoms with van der Waals surface area (Å²) in [5, 5.41) is 0. The minimum absolute atomic E-state index is 0.246. The molecule has 0 N–H and O–H groups in total. The van der Waals surface area contributed by atoms with Crippen molar-refractivity contribution in [1.82, 2.24) is 4.90 Å². The number of amides is 2. The maximum atomic E-state index is 12.0. The van der Waals surface area contributed by atoms with Gasteiger partial charge in [-0.25, -0.2) is 0 Å². The molecule has 1 aliphatic heterocycles. The van der Waals surface area contributed by atoms with Gasteiger partial charge in [0, 0.05) is 11.1 Å². The fourth-order valence-corrected chi connectivity index (χ4v) is 1.97. The van der Waals surface area contributed by atoms with E-state index in [0.717, 1.165) is 0 Å². The fourth-order valence-electron chi connectivity index (χ4n) is 1.97. The minimum Gasteiger partial charge on any atom is -0.269 e. The van der Waals surface area contributed by atoms with E-state index in [4.69, 9.17) is 6.42 Å². The van der Waals surface area contributed by atoms with E-state index < -0.39 is 5.54 Å². The Bertz CT molecular complexity index is 384. The summed E-state index contributed by atoms with van der Waals surface area (Å²) in [5.41, 5.74) is 0.241. The second-order valence-electron chi connectivity index (χ2n) is 4.08. The largest absolute Gasteiger partial charge is 0.269 e. The number of carbonyl (C=O) groups is 2. The van der Waals surface area contributed by atoms with Crippen molar-refractivity contribution in [2.24, 2.45) is 0 Å². The highest BCUT2D eigenvalue weighted by molar-refractivity contribution is 6.19. The van der Waals surface area contributed by atoms with Gasteiger partial charge in [-0.2, -0.15) is 0 Å². The summed E-state index contributed by atoms with van der Waals surface area (Å²) in [6, 6.07) is 0. The van der Waals surface area contributed by atoms with Crippen LogP contribution in [-0.2, 0) is 9.59 Å². The summed E-state index contributed by atoms with van der Waals surface area (Å²) in [6.07, 6.45) is 6.67. The molecule has 0 saturated heterocycles. The summed E-state index contributed by atoms with van der Waals surface area (Å²) < 4.78 is 0. The zero-order valence-electron chi connectivity index (χ0n) is 10.3. The van der Waals surface area contributed by atoms with Gasteiger partial charge in [0.05, 0.1) is 0 Å². The second-order valence-corrected chi connectivity index (χ2v) is 4.08. The van der Waals surface area contributed by atoms with E-state index in [0.29, 0.717) is 24.0 Å². The predicted octanol–water partition coefficient (Wildman–Crippen LogP) is 1.88. The van der Waals surface area contributed by atoms with Crippen LogP contribution in [-0.4, -0.2) is 22.3 Å². The van der Waals surface area contributed by atoms with Crippen molar-refractivity contribution >= 4 is 11.8 Å². The molecule has 1 aliphatic rings. The summed E-state index contributed by atoms with van der Waals surface area (Å²) in [5.74, 6) is 2.12. The van der Waals surface area contributed by atoms with Gasteiger partial charge in [0.2, 0.25) is 0 Å². The van der Waals surface area contributed by atoms with Gasteiger partial charge in [-0.1, -0.05) is 19.8 Å². The number of hydrogen-bond donors (Lipinski definition) is 0. The molecule has 3 nitrogen and oxygen atoms in total. The summed E-state index contributed by atoms with van der Waals surface area (Å²) >= 11 is 0. The van der Waals surface area contributed by atoms with E-state index in [1.807, 2.05) is 13.8 Å². The van der Waals surface area contributed by atoms with Gasteiger partial charge >= 0.3 is 0 Å². The molecule has 0 aromatic carbocycles. The molecule has 0 radical (unpaired) electrons. The van der Waals surface area contributed by atoms with Crippen LogP contribution in [0.25, 0.3) is 0 Å². The highest BCUT2D eigenvalue weighted by Crippen LogP contribution is 2.31. The minimum atomic E-state index is -0.771. The summed E-state index contributed by atoms with van der Waals surface area (Å²) in [4.78, 5) is 25.2. The molecule has 1 rings (SSSR count). The van der Waals surface area contributed by atoms with Crippen LogP contribution in [0.5, 0.6) is 0 Å². The van der Waals surface area contributed by atoms with E-state index in [1.54, 1.807) is 13.8 Å². The second kappa shape index (κ2) is 4.13. The number of imide groups is 1. The Balaban J connectivity index is 3.24. The van der Waals surface area contributed by atoms with E-state index in [-0.39, 0.29) is 11.8 Å². The molecular formula is C13H17NO2. The van der Waals surface area contributed by atoms with Gasteiger partial charge < -0.3 is 0 Å². The molecule has 0 spiro atoms. The van der Waals surface area contributed by atoms with Crippen LogP contribution < -0.4 is 0 Å². The van der Waals surface area contributed by atoms with Gasteiger partial charge in [-0.3, -0.25) is 14.5 Å². The first-order valence-corrected chi connectivity index (χ1v) is 5.49. The Kier molecular flexibility index (Phi) is 3.23. The molecule has 0 fully saturated rings.